The van der Waals surface area contributed by atoms with Gasteiger partial charge in [-0.2, -0.15) is 74.3 Å². The van der Waals surface area contributed by atoms with Crippen LogP contribution >= 0.6 is 0 Å². The summed E-state index contributed by atoms with van der Waals surface area (Å²) in [5.74, 6) is 0. The van der Waals surface area contributed by atoms with E-state index in [-0.39, 0.29) is 42.1 Å². The molecule has 18 heteroatoms. The topological polar surface area (TPSA) is 170 Å². The minimum atomic E-state index is -0.916. The van der Waals surface area contributed by atoms with Gasteiger partial charge < -0.3 is 40.0 Å². The Hall–Kier alpha value is -9.88. The van der Waals surface area contributed by atoms with Crippen molar-refractivity contribution in [1.82, 2.24) is 79.9 Å². The van der Waals surface area contributed by atoms with Gasteiger partial charge in [0, 0.05) is 148 Å². The molecule has 0 unspecified atom stereocenters. The van der Waals surface area contributed by atoms with E-state index in [0.29, 0.717) is 0 Å². The summed E-state index contributed by atoms with van der Waals surface area (Å²) >= 11 is 0. The van der Waals surface area contributed by atoms with Gasteiger partial charge in [0.1, 0.15) is 11.1 Å². The zero-order valence-corrected chi connectivity index (χ0v) is 51.4. The van der Waals surface area contributed by atoms with Crippen LogP contribution in [-0.2, 0) is 64.0 Å². The first kappa shape index (κ1) is 54.7. The normalized spacial score (nSPS) is 16.2. The van der Waals surface area contributed by atoms with Crippen molar-refractivity contribution >= 4 is 0 Å². The number of fused-ring (bicyclic) bond motifs is 12. The van der Waals surface area contributed by atoms with E-state index in [2.05, 4.69) is 153 Å². The monoisotopic (exact) mass is 1500 g/mol. The Morgan fingerprint density at radius 3 is 0.864 bits per heavy atom. The molecule has 88 heavy (non-hydrogen) atoms. The number of pyridine rings is 8. The molecule has 0 amide bonds. The van der Waals surface area contributed by atoms with E-state index in [9.17, 15) is 0 Å². The van der Waals surface area contributed by atoms with Gasteiger partial charge in [-0.05, 0) is 87.4 Å². The van der Waals surface area contributed by atoms with Crippen LogP contribution in [0.15, 0.2) is 232 Å². The van der Waals surface area contributed by atoms with Gasteiger partial charge in [-0.15, -0.1) is 22.3 Å². The number of aromatic nitrogens is 12. The van der Waals surface area contributed by atoms with Crippen molar-refractivity contribution in [3.05, 3.63) is 337 Å². The van der Waals surface area contributed by atoms with E-state index in [1.165, 1.54) is 0 Å². The molecule has 0 bridgehead atoms. The molecule has 2 aliphatic heterocycles. The van der Waals surface area contributed by atoms with Crippen LogP contribution in [0.1, 0.15) is 79.2 Å². The number of benzene rings is 2. The number of hydrogen-bond acceptors (Lipinski definition) is 14. The number of nitrogens with zero attached hydrogens (tertiary/aromatic N) is 16. The van der Waals surface area contributed by atoms with Gasteiger partial charge in [0.2, 0.25) is 0 Å². The zero-order valence-electron chi connectivity index (χ0n) is 46.9. The Labute approximate surface area is 535 Å². The van der Waals surface area contributed by atoms with Crippen LogP contribution in [0.3, 0.4) is 0 Å². The fraction of sp³-hybridized carbons (Fsp3) is 0.0857. The summed E-state index contributed by atoms with van der Waals surface area (Å²) in [5.41, 5.74) is 16.9. The Morgan fingerprint density at radius 1 is 0.330 bits per heavy atom. The summed E-state index contributed by atoms with van der Waals surface area (Å²) in [7, 11) is 4.04. The molecule has 6 aliphatic rings. The second-order valence-electron chi connectivity index (χ2n) is 21.9. The smallest absolute Gasteiger partial charge is 0.103 e. The molecule has 16 nitrogen and oxygen atoms in total. The van der Waals surface area contributed by atoms with Crippen LogP contribution in [0, 0.1) is 25.5 Å². The predicted octanol–water partition coefficient (Wildman–Crippen LogP) is 9.78. The summed E-state index contributed by atoms with van der Waals surface area (Å²) < 4.78 is 0. The SMILES string of the molecule is CN1C=CN(C2(c3[c-]c(C4(c5cc[n-]n5)c5ncccc5-c5cccnc54)ccc3)c3ncccc3-c3cccnc32)[CH-]1.CN1C=CN(C2(c3[c-]c(C4(c5cc[n-]n5)c5ncccc5-c5cccnc54)ccc3)c3ncccc3-c3cccnc32)[CH-]1.[Pt].[Pt]. The van der Waals surface area contributed by atoms with Crippen molar-refractivity contribution in [2.45, 2.75) is 21.9 Å². The Morgan fingerprint density at radius 2 is 0.602 bits per heavy atom. The van der Waals surface area contributed by atoms with Crippen LogP contribution in [0.25, 0.3) is 44.5 Å². The van der Waals surface area contributed by atoms with Crippen LogP contribution in [0.2, 0.25) is 0 Å². The standard InChI is InChI=1S/2C35H23N8.2Pt/c2*1-42-19-20-43(22-42)35(32-27(11-5-16-38-32)28-12-6-17-39-33(28)35)24-8-2-7-23(21-24)34(29-13-18-40-41-29)30-25(9-3-14-36-30)26-10-4-15-37-31(26)34;;/h2*2-20,22H,1H3;;/q2*-3;;. The summed E-state index contributed by atoms with van der Waals surface area (Å²) in [4.78, 5) is 48.4. The van der Waals surface area contributed by atoms with Crippen molar-refractivity contribution in [3.8, 4) is 44.5 Å². The van der Waals surface area contributed by atoms with Crippen molar-refractivity contribution in [3.63, 3.8) is 0 Å². The van der Waals surface area contributed by atoms with Crippen molar-refractivity contribution in [1.29, 1.82) is 0 Å². The van der Waals surface area contributed by atoms with Crippen molar-refractivity contribution in [2.75, 3.05) is 14.1 Å². The van der Waals surface area contributed by atoms with Gasteiger partial charge in [0.15, 0.2) is 0 Å². The number of rotatable bonds is 8. The summed E-state index contributed by atoms with van der Waals surface area (Å²) in [5, 5.41) is 17.8. The molecule has 0 radical (unpaired) electrons. The average molecular weight is 1500 g/mol. The first-order valence-corrected chi connectivity index (χ1v) is 28.2. The van der Waals surface area contributed by atoms with Crippen molar-refractivity contribution in [2.24, 2.45) is 0 Å². The molecule has 0 N–H and O–H groups in total. The van der Waals surface area contributed by atoms with E-state index >= 15 is 0 Å². The molecule has 0 fully saturated rings. The molecule has 0 saturated heterocycles. The fourth-order valence-corrected chi connectivity index (χ4v) is 14.3. The van der Waals surface area contributed by atoms with Gasteiger partial charge in [-0.1, -0.05) is 60.7 Å². The summed E-state index contributed by atoms with van der Waals surface area (Å²) in [6.45, 7) is 4.15. The third-order valence-corrected chi connectivity index (χ3v) is 17.6. The minimum absolute atomic E-state index is 0. The van der Waals surface area contributed by atoms with Gasteiger partial charge in [0.05, 0.1) is 56.4 Å². The number of hydrogen-bond donors (Lipinski definition) is 0. The molecule has 0 atom stereocenters. The van der Waals surface area contributed by atoms with E-state index in [4.69, 9.17) is 39.9 Å². The minimum Gasteiger partial charge on any atom is -0.581 e. The first-order valence-electron chi connectivity index (χ1n) is 28.2. The Balaban J connectivity index is 0.000000144. The van der Waals surface area contributed by atoms with Gasteiger partial charge in [-0.3, -0.25) is 39.9 Å². The molecule has 0 saturated carbocycles. The largest absolute Gasteiger partial charge is 0.581 e. The average Bonchev–Trinajstić information content (AvgIpc) is 1.54. The van der Waals surface area contributed by atoms with E-state index in [1.807, 2.05) is 147 Å². The molecule has 10 aromatic heterocycles. The second-order valence-corrected chi connectivity index (χ2v) is 21.9. The molecular formula is C70H46N16Pt2-6. The maximum Gasteiger partial charge on any atom is 0.103 e. The van der Waals surface area contributed by atoms with Crippen LogP contribution in [-0.4, -0.2) is 83.8 Å². The summed E-state index contributed by atoms with van der Waals surface area (Å²) in [6.07, 6.45) is 26.4. The predicted molar refractivity (Wildman–Crippen MR) is 319 cm³/mol. The first-order chi connectivity index (χ1) is 42.5. The second kappa shape index (κ2) is 20.9. The van der Waals surface area contributed by atoms with Gasteiger partial charge in [0.25, 0.3) is 0 Å². The van der Waals surface area contributed by atoms with Crippen molar-refractivity contribution < 1.29 is 42.1 Å². The molecule has 18 rings (SSSR count). The van der Waals surface area contributed by atoms with Crippen LogP contribution in [0.4, 0.5) is 0 Å². The third-order valence-electron chi connectivity index (χ3n) is 17.6. The Bertz CT molecular complexity index is 4260. The van der Waals surface area contributed by atoms with E-state index < -0.39 is 21.9 Å². The molecular weight excluding hydrogens is 1460 g/mol. The molecule has 432 valence electrons. The molecule has 2 aromatic carbocycles. The van der Waals surface area contributed by atoms with Crippen LogP contribution < -0.4 is 10.2 Å². The van der Waals surface area contributed by atoms with E-state index in [0.717, 1.165) is 124 Å². The molecule has 4 aliphatic carbocycles. The zero-order chi connectivity index (χ0) is 57.2. The van der Waals surface area contributed by atoms with Crippen LogP contribution in [0.5, 0.6) is 0 Å². The quantitative estimate of drug-likeness (QED) is 0.132. The van der Waals surface area contributed by atoms with E-state index in [1.54, 1.807) is 12.4 Å². The molecule has 0 spiro atoms. The molecule has 12 aromatic rings. The fourth-order valence-electron chi connectivity index (χ4n) is 14.3. The maximum atomic E-state index is 5.02. The third kappa shape index (κ3) is 7.33. The van der Waals surface area contributed by atoms with Gasteiger partial charge in [-0.25, -0.2) is 0 Å². The molecule has 12 heterocycles. The maximum absolute atomic E-state index is 5.02. The Kier molecular flexibility index (Phi) is 13.0. The van der Waals surface area contributed by atoms with Gasteiger partial charge >= 0.3 is 0 Å². The summed E-state index contributed by atoms with van der Waals surface area (Å²) in [6, 6.07) is 57.0.